The Morgan fingerprint density at radius 1 is 1.26 bits per heavy atom. The summed E-state index contributed by atoms with van der Waals surface area (Å²) in [5, 5.41) is 11.0. The number of aliphatic hydroxyl groups excluding tert-OH is 1. The fourth-order valence-corrected chi connectivity index (χ4v) is 3.07. The first-order valence-electron chi connectivity index (χ1n) is 7.10. The van der Waals surface area contributed by atoms with Crippen molar-refractivity contribution >= 4 is 11.0 Å². The van der Waals surface area contributed by atoms with Gasteiger partial charge in [0.1, 0.15) is 11.9 Å². The van der Waals surface area contributed by atoms with Crippen molar-refractivity contribution in [3.8, 4) is 0 Å². The average Bonchev–Trinajstić information content (AvgIpc) is 2.85. The smallest absolute Gasteiger partial charge is 0.170 e. The lowest BCUT2D eigenvalue weighted by Crippen LogP contribution is -2.10. The number of benzene rings is 1. The van der Waals surface area contributed by atoms with Gasteiger partial charge in [0.2, 0.25) is 0 Å². The number of furan rings is 1. The average molecular weight is 262 g/mol. The molecule has 0 radical (unpaired) electrons. The third kappa shape index (κ3) is 2.66. The van der Waals surface area contributed by atoms with Crippen LogP contribution in [0.25, 0.3) is 11.0 Å². The van der Waals surface area contributed by atoms with Crippen molar-refractivity contribution in [1.82, 2.24) is 0 Å². The van der Waals surface area contributed by atoms with E-state index in [0.717, 1.165) is 11.8 Å². The maximum absolute atomic E-state index is 13.5. The topological polar surface area (TPSA) is 33.4 Å². The van der Waals surface area contributed by atoms with Gasteiger partial charge in [-0.05, 0) is 24.5 Å². The van der Waals surface area contributed by atoms with Crippen LogP contribution in [0, 0.1) is 11.7 Å². The first kappa shape index (κ1) is 12.7. The molecule has 3 heteroatoms. The van der Waals surface area contributed by atoms with E-state index in [9.17, 15) is 9.50 Å². The zero-order chi connectivity index (χ0) is 13.2. The van der Waals surface area contributed by atoms with E-state index < -0.39 is 6.10 Å². The van der Waals surface area contributed by atoms with Gasteiger partial charge in [0.05, 0.1) is 0 Å². The zero-order valence-corrected chi connectivity index (χ0v) is 10.9. The quantitative estimate of drug-likeness (QED) is 0.878. The van der Waals surface area contributed by atoms with Gasteiger partial charge in [0, 0.05) is 5.39 Å². The largest absolute Gasteiger partial charge is 0.455 e. The molecule has 1 saturated carbocycles. The fourth-order valence-electron chi connectivity index (χ4n) is 3.07. The summed E-state index contributed by atoms with van der Waals surface area (Å²) >= 11 is 0. The molecule has 1 fully saturated rings. The van der Waals surface area contributed by atoms with Gasteiger partial charge >= 0.3 is 0 Å². The van der Waals surface area contributed by atoms with E-state index in [2.05, 4.69) is 0 Å². The molecule has 1 aliphatic rings. The maximum atomic E-state index is 13.5. The van der Waals surface area contributed by atoms with E-state index in [1.54, 1.807) is 18.2 Å². The van der Waals surface area contributed by atoms with Crippen LogP contribution in [0.2, 0.25) is 0 Å². The summed E-state index contributed by atoms with van der Waals surface area (Å²) in [7, 11) is 0. The molecule has 1 aliphatic carbocycles. The summed E-state index contributed by atoms with van der Waals surface area (Å²) in [6, 6.07) is 6.60. The third-order valence-corrected chi connectivity index (χ3v) is 4.12. The molecule has 0 aliphatic heterocycles. The number of hydrogen-bond acceptors (Lipinski definition) is 2. The van der Waals surface area contributed by atoms with Gasteiger partial charge in [-0.15, -0.1) is 0 Å². The SMILES string of the molecule is OC(CC1CCCCC1)c1cc2cccc(F)c2o1. The highest BCUT2D eigenvalue weighted by Gasteiger charge is 2.21. The van der Waals surface area contributed by atoms with E-state index in [1.807, 2.05) is 0 Å². The molecular formula is C16H19FO2. The highest BCUT2D eigenvalue weighted by Crippen LogP contribution is 2.34. The van der Waals surface area contributed by atoms with Crippen molar-refractivity contribution in [1.29, 1.82) is 0 Å². The lowest BCUT2D eigenvalue weighted by atomic mass is 9.85. The summed E-state index contributed by atoms with van der Waals surface area (Å²) < 4.78 is 19.0. The summed E-state index contributed by atoms with van der Waals surface area (Å²) in [4.78, 5) is 0. The lowest BCUT2D eigenvalue weighted by Gasteiger charge is -2.23. The molecule has 0 amide bonds. The van der Waals surface area contributed by atoms with Gasteiger partial charge in [0.25, 0.3) is 0 Å². The van der Waals surface area contributed by atoms with Gasteiger partial charge in [-0.3, -0.25) is 0 Å². The van der Waals surface area contributed by atoms with E-state index in [0.29, 0.717) is 11.7 Å². The zero-order valence-electron chi connectivity index (χ0n) is 10.9. The van der Waals surface area contributed by atoms with Crippen LogP contribution in [0.3, 0.4) is 0 Å². The van der Waals surface area contributed by atoms with Crippen LogP contribution < -0.4 is 0 Å². The Balaban J connectivity index is 1.77. The highest BCUT2D eigenvalue weighted by atomic mass is 19.1. The van der Waals surface area contributed by atoms with Crippen molar-refractivity contribution in [2.24, 2.45) is 5.92 Å². The normalized spacial score (nSPS) is 18.8. The molecular weight excluding hydrogens is 243 g/mol. The van der Waals surface area contributed by atoms with Crippen LogP contribution in [0.4, 0.5) is 4.39 Å². The Bertz CT molecular complexity index is 555. The Hall–Kier alpha value is -1.35. The predicted octanol–water partition coefficient (Wildman–Crippen LogP) is 4.58. The van der Waals surface area contributed by atoms with Gasteiger partial charge in [-0.2, -0.15) is 0 Å². The Morgan fingerprint density at radius 2 is 2.05 bits per heavy atom. The number of aliphatic hydroxyl groups is 1. The van der Waals surface area contributed by atoms with E-state index >= 15 is 0 Å². The predicted molar refractivity (Wildman–Crippen MR) is 72.3 cm³/mol. The minimum Gasteiger partial charge on any atom is -0.455 e. The second-order valence-corrected chi connectivity index (χ2v) is 5.56. The Labute approximate surface area is 112 Å². The maximum Gasteiger partial charge on any atom is 0.170 e. The summed E-state index contributed by atoms with van der Waals surface area (Å²) in [6.07, 6.45) is 6.30. The van der Waals surface area contributed by atoms with Crippen LogP contribution in [0.5, 0.6) is 0 Å². The van der Waals surface area contributed by atoms with Crippen LogP contribution in [0.15, 0.2) is 28.7 Å². The minimum atomic E-state index is -0.616. The first-order valence-corrected chi connectivity index (χ1v) is 7.10. The van der Waals surface area contributed by atoms with Crippen LogP contribution in [-0.4, -0.2) is 5.11 Å². The van der Waals surface area contributed by atoms with Gasteiger partial charge in [0.15, 0.2) is 11.4 Å². The summed E-state index contributed by atoms with van der Waals surface area (Å²) in [6.45, 7) is 0. The summed E-state index contributed by atoms with van der Waals surface area (Å²) in [5.74, 6) is 0.695. The monoisotopic (exact) mass is 262 g/mol. The van der Waals surface area contributed by atoms with Crippen LogP contribution >= 0.6 is 0 Å². The van der Waals surface area contributed by atoms with E-state index in [-0.39, 0.29) is 11.4 Å². The molecule has 1 heterocycles. The van der Waals surface area contributed by atoms with Crippen molar-refractivity contribution < 1.29 is 13.9 Å². The second-order valence-electron chi connectivity index (χ2n) is 5.56. The van der Waals surface area contributed by atoms with Gasteiger partial charge < -0.3 is 9.52 Å². The molecule has 0 bridgehead atoms. The van der Waals surface area contributed by atoms with Crippen molar-refractivity contribution in [2.45, 2.75) is 44.6 Å². The number of para-hydroxylation sites is 1. The molecule has 0 saturated heterocycles. The molecule has 102 valence electrons. The van der Waals surface area contributed by atoms with Crippen LogP contribution in [0.1, 0.15) is 50.4 Å². The molecule has 2 nitrogen and oxygen atoms in total. The number of rotatable bonds is 3. The van der Waals surface area contributed by atoms with E-state index in [4.69, 9.17) is 4.42 Å². The van der Waals surface area contributed by atoms with Gasteiger partial charge in [-0.25, -0.2) is 4.39 Å². The van der Waals surface area contributed by atoms with Crippen molar-refractivity contribution in [2.75, 3.05) is 0 Å². The number of hydrogen-bond donors (Lipinski definition) is 1. The number of fused-ring (bicyclic) bond motifs is 1. The highest BCUT2D eigenvalue weighted by molar-refractivity contribution is 5.78. The standard InChI is InChI=1S/C16H19FO2/c17-13-8-4-7-12-10-15(19-16(12)13)14(18)9-11-5-2-1-3-6-11/h4,7-8,10-11,14,18H,1-3,5-6,9H2. The Morgan fingerprint density at radius 3 is 2.79 bits per heavy atom. The Kier molecular flexibility index (Phi) is 3.56. The van der Waals surface area contributed by atoms with Crippen molar-refractivity contribution in [3.05, 3.63) is 35.8 Å². The van der Waals surface area contributed by atoms with Crippen molar-refractivity contribution in [3.63, 3.8) is 0 Å². The minimum absolute atomic E-state index is 0.250. The van der Waals surface area contributed by atoms with Crippen LogP contribution in [-0.2, 0) is 0 Å². The molecule has 1 aromatic heterocycles. The molecule has 1 atom stereocenters. The molecule has 2 aromatic rings. The molecule has 1 aromatic carbocycles. The lowest BCUT2D eigenvalue weighted by molar-refractivity contribution is 0.111. The second kappa shape index (κ2) is 5.33. The fraction of sp³-hybridized carbons (Fsp3) is 0.500. The van der Waals surface area contributed by atoms with E-state index in [1.165, 1.54) is 38.2 Å². The third-order valence-electron chi connectivity index (χ3n) is 4.12. The first-order chi connectivity index (χ1) is 9.24. The molecule has 19 heavy (non-hydrogen) atoms. The summed E-state index contributed by atoms with van der Waals surface area (Å²) in [5.41, 5.74) is 0.250. The number of halogens is 1. The molecule has 3 rings (SSSR count). The molecule has 1 unspecified atom stereocenters. The molecule has 1 N–H and O–H groups in total. The van der Waals surface area contributed by atoms with Gasteiger partial charge in [-0.1, -0.05) is 44.2 Å². The molecule has 0 spiro atoms.